The van der Waals surface area contributed by atoms with Gasteiger partial charge in [-0.15, -0.1) is 0 Å². The molecule has 2 saturated heterocycles. The van der Waals surface area contributed by atoms with Crippen LogP contribution in [0.15, 0.2) is 60.8 Å². The van der Waals surface area contributed by atoms with Crippen LogP contribution in [0.2, 0.25) is 0 Å². The number of hydrogen-bond acceptors (Lipinski definition) is 15. The molecule has 11 atom stereocenters. The van der Waals surface area contributed by atoms with Gasteiger partial charge in [0.05, 0.1) is 19.8 Å². The van der Waals surface area contributed by atoms with Crippen LogP contribution in [0, 0.1) is 0 Å². The van der Waals surface area contributed by atoms with Crippen molar-refractivity contribution < 1.29 is 73.8 Å². The molecule has 0 spiro atoms. The second-order valence-electron chi connectivity index (χ2n) is 19.4. The van der Waals surface area contributed by atoms with E-state index in [1.165, 1.54) is 70.6 Å². The van der Waals surface area contributed by atoms with Crippen LogP contribution in [0.5, 0.6) is 0 Å². The Balaban J connectivity index is 1.79. The van der Waals surface area contributed by atoms with Crippen molar-refractivity contribution in [2.24, 2.45) is 0 Å². The number of rotatable bonds is 43. The number of esters is 2. The first-order valence-electron chi connectivity index (χ1n) is 27.9. The third kappa shape index (κ3) is 30.5. The number of unbranched alkanes of at least 4 members (excludes halogenated alkanes) is 19. The maximum Gasteiger partial charge on any atom is 0.306 e. The smallest absolute Gasteiger partial charge is 0.306 e. The first-order chi connectivity index (χ1) is 35.0. The van der Waals surface area contributed by atoms with Gasteiger partial charge in [0.25, 0.3) is 0 Å². The minimum atomic E-state index is -1.77. The number of carbonyl (C=O) groups excluding carboxylic acids is 2. The lowest BCUT2D eigenvalue weighted by Crippen LogP contribution is -2.61. The van der Waals surface area contributed by atoms with Crippen molar-refractivity contribution in [2.45, 2.75) is 261 Å². The van der Waals surface area contributed by atoms with E-state index in [2.05, 4.69) is 74.6 Å². The highest BCUT2D eigenvalue weighted by Crippen LogP contribution is 2.26. The molecule has 15 heteroatoms. The average Bonchev–Trinajstić information content (AvgIpc) is 3.37. The van der Waals surface area contributed by atoms with Crippen LogP contribution in [0.3, 0.4) is 0 Å². The molecule has 72 heavy (non-hydrogen) atoms. The largest absolute Gasteiger partial charge is 0.462 e. The van der Waals surface area contributed by atoms with Gasteiger partial charge >= 0.3 is 11.9 Å². The van der Waals surface area contributed by atoms with E-state index in [0.29, 0.717) is 12.8 Å². The minimum Gasteiger partial charge on any atom is -0.462 e. The van der Waals surface area contributed by atoms with Crippen molar-refractivity contribution in [3.63, 3.8) is 0 Å². The number of ether oxygens (including phenoxy) is 6. The van der Waals surface area contributed by atoms with E-state index >= 15 is 0 Å². The number of aliphatic hydroxyl groups is 7. The van der Waals surface area contributed by atoms with Crippen molar-refractivity contribution >= 4 is 11.9 Å². The SMILES string of the molecule is CCCCC/C=C/C/C=C/C/C=C/CCCCCCC(=O)OC[C@H](CO[C@H]1O[C@@H](CO[C@H]2O[C@@H](CO)[C@@H](O)C(O)C2O)[C@@H](O)C(O)C1O)OC(=O)CCCCCCCCCCC/C=C/C/C=C/CCCCC. The van der Waals surface area contributed by atoms with Gasteiger partial charge in [-0.2, -0.15) is 0 Å². The fourth-order valence-electron chi connectivity index (χ4n) is 8.37. The Hall–Kier alpha value is -2.80. The zero-order chi connectivity index (χ0) is 52.4. The molecule has 0 aromatic rings. The summed E-state index contributed by atoms with van der Waals surface area (Å²) in [5.74, 6) is -0.955. The van der Waals surface area contributed by atoms with Crippen LogP contribution in [0.1, 0.15) is 194 Å². The lowest BCUT2D eigenvalue weighted by molar-refractivity contribution is -0.332. The molecule has 2 aliphatic rings. The van der Waals surface area contributed by atoms with Crippen LogP contribution in [0.4, 0.5) is 0 Å². The molecule has 0 aromatic heterocycles. The number of allylic oxidation sites excluding steroid dienone is 10. The summed E-state index contributed by atoms with van der Waals surface area (Å²) < 4.78 is 33.6. The molecule has 7 N–H and O–H groups in total. The van der Waals surface area contributed by atoms with Crippen LogP contribution in [-0.4, -0.2) is 142 Å². The summed E-state index contributed by atoms with van der Waals surface area (Å²) in [5, 5.41) is 72.2. The van der Waals surface area contributed by atoms with Gasteiger partial charge in [0, 0.05) is 12.8 Å². The maximum absolute atomic E-state index is 13.1. The normalized spacial score (nSPS) is 25.5. The minimum absolute atomic E-state index is 0.153. The maximum atomic E-state index is 13.1. The topological polar surface area (TPSA) is 231 Å². The van der Waals surface area contributed by atoms with E-state index in [4.69, 9.17) is 28.4 Å². The van der Waals surface area contributed by atoms with Gasteiger partial charge in [0.1, 0.15) is 55.4 Å². The zero-order valence-electron chi connectivity index (χ0n) is 44.1. The molecule has 0 aliphatic carbocycles. The van der Waals surface area contributed by atoms with Crippen LogP contribution >= 0.6 is 0 Å². The van der Waals surface area contributed by atoms with Crippen LogP contribution in [0.25, 0.3) is 0 Å². The summed E-state index contributed by atoms with van der Waals surface area (Å²) in [7, 11) is 0. The van der Waals surface area contributed by atoms with Crippen molar-refractivity contribution in [1.29, 1.82) is 0 Å². The predicted octanol–water partition coefficient (Wildman–Crippen LogP) is 8.83. The standard InChI is InChI=1S/C57H98O15/c1-3-5-7-9-11-13-15-17-19-21-22-24-26-28-30-32-34-36-38-40-49(60)70-45(42-67-48(59)39-37-35-33-31-29-27-25-23-20-18-16-14-12-10-8-6-4-2)43-68-56-55(66)53(64)51(62)47(72-56)44-69-57-54(65)52(63)50(61)46(41-58)71-57/h11-14,17-20,25,27,45-47,50-58,61-66H,3-10,15-16,21-24,26,28-44H2,1-2H3/b13-11+,14-12+,19-17+,20-18+,27-25+/t45-,46+,47+,50-,51-,52?,53?,54?,55?,56+,57+/m1/s1. The molecule has 0 amide bonds. The van der Waals surface area contributed by atoms with Gasteiger partial charge in [0.2, 0.25) is 0 Å². The Labute approximate surface area is 432 Å². The van der Waals surface area contributed by atoms with E-state index < -0.39 is 99.3 Å². The molecule has 0 bridgehead atoms. The lowest BCUT2D eigenvalue weighted by Gasteiger charge is -2.42. The molecule has 4 unspecified atom stereocenters. The third-order valence-corrected chi connectivity index (χ3v) is 13.0. The monoisotopic (exact) mass is 1020 g/mol. The Bertz CT molecular complexity index is 1480. The first-order valence-corrected chi connectivity index (χ1v) is 27.9. The van der Waals surface area contributed by atoms with Crippen molar-refractivity contribution in [1.82, 2.24) is 0 Å². The quantitative estimate of drug-likeness (QED) is 0.0172. The van der Waals surface area contributed by atoms with E-state index in [1.807, 2.05) is 0 Å². The molecule has 2 heterocycles. The van der Waals surface area contributed by atoms with Gasteiger partial charge in [-0.3, -0.25) is 9.59 Å². The molecular formula is C57H98O15. The summed E-state index contributed by atoms with van der Waals surface area (Å²) in [6.07, 6.45) is 33.7. The van der Waals surface area contributed by atoms with Crippen LogP contribution < -0.4 is 0 Å². The summed E-state index contributed by atoms with van der Waals surface area (Å²) in [5.41, 5.74) is 0. The second kappa shape index (κ2) is 43.4. The summed E-state index contributed by atoms with van der Waals surface area (Å²) >= 11 is 0. The van der Waals surface area contributed by atoms with Crippen LogP contribution in [-0.2, 0) is 38.0 Å². The average molecular weight is 1020 g/mol. The van der Waals surface area contributed by atoms with E-state index in [1.54, 1.807) is 0 Å². The second-order valence-corrected chi connectivity index (χ2v) is 19.4. The summed E-state index contributed by atoms with van der Waals surface area (Å²) in [6.45, 7) is 2.52. The third-order valence-electron chi connectivity index (χ3n) is 13.0. The fraction of sp³-hybridized carbons (Fsp3) is 0.789. The van der Waals surface area contributed by atoms with E-state index in [9.17, 15) is 45.3 Å². The van der Waals surface area contributed by atoms with E-state index in [-0.39, 0.29) is 19.4 Å². The Kier molecular flexibility index (Phi) is 39.4. The highest BCUT2D eigenvalue weighted by Gasteiger charge is 2.47. The highest BCUT2D eigenvalue weighted by atomic mass is 16.7. The van der Waals surface area contributed by atoms with E-state index in [0.717, 1.165) is 83.5 Å². The van der Waals surface area contributed by atoms with Crippen molar-refractivity contribution in [3.8, 4) is 0 Å². The van der Waals surface area contributed by atoms with Crippen molar-refractivity contribution in [2.75, 3.05) is 26.4 Å². The summed E-state index contributed by atoms with van der Waals surface area (Å²) in [6, 6.07) is 0. The molecular weight excluding hydrogens is 925 g/mol. The number of hydrogen-bond donors (Lipinski definition) is 7. The van der Waals surface area contributed by atoms with Gasteiger partial charge in [0.15, 0.2) is 18.7 Å². The van der Waals surface area contributed by atoms with Gasteiger partial charge in [-0.25, -0.2) is 0 Å². The lowest BCUT2D eigenvalue weighted by atomic mass is 9.98. The highest BCUT2D eigenvalue weighted by molar-refractivity contribution is 5.70. The molecule has 0 saturated carbocycles. The predicted molar refractivity (Wildman–Crippen MR) is 280 cm³/mol. The molecule has 2 fully saturated rings. The molecule has 15 nitrogen and oxygen atoms in total. The first kappa shape index (κ1) is 65.3. The molecule has 0 aromatic carbocycles. The Morgan fingerprint density at radius 3 is 1.31 bits per heavy atom. The van der Waals surface area contributed by atoms with Gasteiger partial charge in [-0.1, -0.05) is 158 Å². The zero-order valence-corrected chi connectivity index (χ0v) is 44.1. The Morgan fingerprint density at radius 1 is 0.444 bits per heavy atom. The van der Waals surface area contributed by atoms with Gasteiger partial charge < -0.3 is 64.2 Å². The fourth-order valence-corrected chi connectivity index (χ4v) is 8.37. The Morgan fingerprint density at radius 2 is 0.833 bits per heavy atom. The number of carbonyl (C=O) groups is 2. The summed E-state index contributed by atoms with van der Waals surface area (Å²) in [4.78, 5) is 25.8. The number of aliphatic hydroxyl groups excluding tert-OH is 7. The molecule has 2 rings (SSSR count). The van der Waals surface area contributed by atoms with Gasteiger partial charge in [-0.05, 0) is 83.5 Å². The van der Waals surface area contributed by atoms with Crippen molar-refractivity contribution in [3.05, 3.63) is 60.8 Å². The molecule has 416 valence electrons. The molecule has 0 radical (unpaired) electrons. The molecule has 2 aliphatic heterocycles.